The van der Waals surface area contributed by atoms with Crippen LogP contribution >= 0.6 is 23.2 Å². The van der Waals surface area contributed by atoms with Crippen molar-refractivity contribution in [2.75, 3.05) is 0 Å². The summed E-state index contributed by atoms with van der Waals surface area (Å²) in [6, 6.07) is 6.61. The van der Waals surface area contributed by atoms with Crippen molar-refractivity contribution in [2.45, 2.75) is 18.9 Å². The molecule has 1 unspecified atom stereocenters. The van der Waals surface area contributed by atoms with Gasteiger partial charge < -0.3 is 0 Å². The summed E-state index contributed by atoms with van der Waals surface area (Å²) in [5.41, 5.74) is 1.10. The molecule has 0 bridgehead atoms. The lowest BCUT2D eigenvalue weighted by atomic mass is 10.0. The molecule has 63 valence electrons. The molecule has 1 rings (SSSR count). The number of rotatable bonds is 2. The Bertz CT molecular complexity index is 273. The fraction of sp³-hybridized carbons (Fsp3) is 0.333. The first-order valence-corrected chi connectivity index (χ1v) is 5.21. The molecule has 0 spiro atoms. The second-order valence-corrected chi connectivity index (χ2v) is 3.94. The highest BCUT2D eigenvalue weighted by molar-refractivity contribution is 6.42. The molecule has 0 aliphatic heterocycles. The van der Waals surface area contributed by atoms with Gasteiger partial charge in [0.1, 0.15) is 0 Å². The van der Waals surface area contributed by atoms with Gasteiger partial charge in [0, 0.05) is 10.2 Å². The standard InChI is InChI=1S/C9H9Cl2Si/c1-6(5-12)7-3-2-4-8(10)9(7)11/h2-4,6H,5H2,1H3. The Morgan fingerprint density at radius 1 is 1.42 bits per heavy atom. The molecule has 1 aromatic carbocycles. The van der Waals surface area contributed by atoms with Crippen molar-refractivity contribution in [2.24, 2.45) is 0 Å². The van der Waals surface area contributed by atoms with E-state index in [-0.39, 0.29) is 0 Å². The van der Waals surface area contributed by atoms with Gasteiger partial charge in [-0.3, -0.25) is 0 Å². The van der Waals surface area contributed by atoms with E-state index >= 15 is 0 Å². The first-order chi connectivity index (χ1) is 5.66. The highest BCUT2D eigenvalue weighted by atomic mass is 35.5. The summed E-state index contributed by atoms with van der Waals surface area (Å²) in [5, 5.41) is 1.30. The third-order valence-corrected chi connectivity index (χ3v) is 3.26. The van der Waals surface area contributed by atoms with Crippen LogP contribution in [0.25, 0.3) is 0 Å². The summed E-state index contributed by atoms with van der Waals surface area (Å²) < 4.78 is 0. The van der Waals surface area contributed by atoms with Crippen LogP contribution in [0.15, 0.2) is 18.2 Å². The van der Waals surface area contributed by atoms with Crippen LogP contribution in [0.1, 0.15) is 18.4 Å². The van der Waals surface area contributed by atoms with Gasteiger partial charge in [0.05, 0.1) is 10.0 Å². The molecule has 0 saturated heterocycles. The third-order valence-electron chi connectivity index (χ3n) is 1.82. The predicted octanol–water partition coefficient (Wildman–Crippen LogP) is 3.68. The number of benzene rings is 1. The summed E-state index contributed by atoms with van der Waals surface area (Å²) in [6.07, 6.45) is 0. The van der Waals surface area contributed by atoms with E-state index < -0.39 is 0 Å². The Morgan fingerprint density at radius 3 is 2.67 bits per heavy atom. The van der Waals surface area contributed by atoms with Gasteiger partial charge in [-0.2, -0.15) is 0 Å². The maximum absolute atomic E-state index is 6.01. The topological polar surface area (TPSA) is 0 Å². The van der Waals surface area contributed by atoms with E-state index in [1.54, 1.807) is 6.07 Å². The van der Waals surface area contributed by atoms with Crippen molar-refractivity contribution in [3.63, 3.8) is 0 Å². The number of halogens is 2. The van der Waals surface area contributed by atoms with Gasteiger partial charge in [0.2, 0.25) is 0 Å². The molecular formula is C9H9Cl2Si. The van der Waals surface area contributed by atoms with Crippen LogP contribution in [-0.2, 0) is 0 Å². The van der Waals surface area contributed by atoms with Crippen molar-refractivity contribution in [3.05, 3.63) is 33.8 Å². The normalized spacial score (nSPS) is 13.0. The SMILES string of the molecule is CC(C[Si])c1cccc(Cl)c1Cl. The minimum absolute atomic E-state index is 0.396. The molecule has 0 aromatic heterocycles. The van der Waals surface area contributed by atoms with Crippen LogP contribution in [-0.4, -0.2) is 10.2 Å². The van der Waals surface area contributed by atoms with Crippen molar-refractivity contribution < 1.29 is 0 Å². The van der Waals surface area contributed by atoms with Gasteiger partial charge in [-0.25, -0.2) is 0 Å². The molecule has 0 aliphatic rings. The second-order valence-electron chi connectivity index (χ2n) is 2.75. The Kier molecular flexibility index (Phi) is 3.63. The van der Waals surface area contributed by atoms with E-state index in [4.69, 9.17) is 23.2 Å². The molecule has 3 heteroatoms. The zero-order valence-electron chi connectivity index (χ0n) is 6.77. The van der Waals surface area contributed by atoms with Gasteiger partial charge in [-0.1, -0.05) is 48.3 Å². The van der Waals surface area contributed by atoms with Crippen LogP contribution in [0.3, 0.4) is 0 Å². The summed E-state index contributed by atoms with van der Waals surface area (Å²) >= 11 is 11.9. The fourth-order valence-electron chi connectivity index (χ4n) is 1.01. The summed E-state index contributed by atoms with van der Waals surface area (Å²) in [6.45, 7) is 2.10. The van der Waals surface area contributed by atoms with Crippen molar-refractivity contribution in [3.8, 4) is 0 Å². The molecular weight excluding hydrogens is 207 g/mol. The average molecular weight is 216 g/mol. The number of hydrogen-bond donors (Lipinski definition) is 0. The van der Waals surface area contributed by atoms with E-state index in [0.717, 1.165) is 11.6 Å². The molecule has 3 radical (unpaired) electrons. The van der Waals surface area contributed by atoms with E-state index in [1.807, 2.05) is 12.1 Å². The molecule has 1 atom stereocenters. The van der Waals surface area contributed by atoms with Crippen LogP contribution in [0.2, 0.25) is 16.1 Å². The molecule has 1 aromatic rings. The van der Waals surface area contributed by atoms with Crippen molar-refractivity contribution in [1.82, 2.24) is 0 Å². The van der Waals surface area contributed by atoms with Crippen molar-refractivity contribution >= 4 is 33.4 Å². The van der Waals surface area contributed by atoms with Crippen LogP contribution in [0.4, 0.5) is 0 Å². The summed E-state index contributed by atoms with van der Waals surface area (Å²) in [5.74, 6) is 0.396. The van der Waals surface area contributed by atoms with Gasteiger partial charge in [-0.15, -0.1) is 0 Å². The zero-order valence-corrected chi connectivity index (χ0v) is 9.28. The minimum Gasteiger partial charge on any atom is -0.0827 e. The molecule has 12 heavy (non-hydrogen) atoms. The first-order valence-electron chi connectivity index (χ1n) is 3.75. The zero-order chi connectivity index (χ0) is 9.14. The lowest BCUT2D eigenvalue weighted by Crippen LogP contribution is -1.93. The maximum atomic E-state index is 6.01. The van der Waals surface area contributed by atoms with Gasteiger partial charge >= 0.3 is 0 Å². The molecule has 0 saturated carbocycles. The minimum atomic E-state index is 0.396. The monoisotopic (exact) mass is 215 g/mol. The Labute approximate surface area is 86.3 Å². The summed E-state index contributed by atoms with van der Waals surface area (Å²) in [4.78, 5) is 0. The molecule has 0 heterocycles. The van der Waals surface area contributed by atoms with E-state index in [1.165, 1.54) is 0 Å². The molecule has 0 fully saturated rings. The van der Waals surface area contributed by atoms with E-state index in [0.29, 0.717) is 16.0 Å². The summed E-state index contributed by atoms with van der Waals surface area (Å²) in [7, 11) is 3.46. The fourth-order valence-corrected chi connectivity index (χ4v) is 1.73. The highest BCUT2D eigenvalue weighted by Crippen LogP contribution is 2.31. The van der Waals surface area contributed by atoms with Crippen LogP contribution in [0, 0.1) is 0 Å². The van der Waals surface area contributed by atoms with Crippen LogP contribution in [0.5, 0.6) is 0 Å². The largest absolute Gasteiger partial charge is 0.0827 e. The Hall–Kier alpha value is 0.0169. The molecule has 0 nitrogen and oxygen atoms in total. The average Bonchev–Trinajstić information content (AvgIpc) is 2.08. The van der Waals surface area contributed by atoms with Gasteiger partial charge in [0.15, 0.2) is 0 Å². The Balaban J connectivity index is 3.07. The van der Waals surface area contributed by atoms with Gasteiger partial charge in [-0.05, 0) is 17.5 Å². The molecule has 0 aliphatic carbocycles. The smallest absolute Gasteiger partial charge is 0.0626 e. The van der Waals surface area contributed by atoms with Crippen LogP contribution < -0.4 is 0 Å². The molecule has 0 N–H and O–H groups in total. The lowest BCUT2D eigenvalue weighted by molar-refractivity contribution is 0.864. The third kappa shape index (κ3) is 2.03. The van der Waals surface area contributed by atoms with E-state index in [2.05, 4.69) is 17.2 Å². The quantitative estimate of drug-likeness (QED) is 0.661. The highest BCUT2D eigenvalue weighted by Gasteiger charge is 2.09. The van der Waals surface area contributed by atoms with Gasteiger partial charge in [0.25, 0.3) is 0 Å². The predicted molar refractivity (Wildman–Crippen MR) is 55.4 cm³/mol. The maximum Gasteiger partial charge on any atom is 0.0626 e. The lowest BCUT2D eigenvalue weighted by Gasteiger charge is -2.11. The number of hydrogen-bond acceptors (Lipinski definition) is 0. The molecule has 0 amide bonds. The van der Waals surface area contributed by atoms with Crippen molar-refractivity contribution in [1.29, 1.82) is 0 Å². The Morgan fingerprint density at radius 2 is 2.08 bits per heavy atom. The first kappa shape index (κ1) is 10.1. The second kappa shape index (κ2) is 4.31. The van der Waals surface area contributed by atoms with E-state index in [9.17, 15) is 0 Å².